The summed E-state index contributed by atoms with van der Waals surface area (Å²) in [5, 5.41) is 4.56. The Balaban J connectivity index is 1.81. The summed E-state index contributed by atoms with van der Waals surface area (Å²) in [7, 11) is 0. The lowest BCUT2D eigenvalue weighted by Gasteiger charge is -2.27. The van der Waals surface area contributed by atoms with Gasteiger partial charge in [0.05, 0.1) is 36.5 Å². The minimum Gasteiger partial charge on any atom is -0.472 e. The molecule has 2 aromatic heterocycles. The Hall–Kier alpha value is -2.53. The molecule has 0 aliphatic heterocycles. The Kier molecular flexibility index (Phi) is 5.01. The van der Waals surface area contributed by atoms with Gasteiger partial charge in [0.25, 0.3) is 0 Å². The highest BCUT2D eigenvalue weighted by atomic mass is 35.5. The van der Waals surface area contributed by atoms with Gasteiger partial charge in [-0.05, 0) is 31.2 Å². The highest BCUT2D eigenvalue weighted by Gasteiger charge is 2.22. The molecule has 0 saturated heterocycles. The van der Waals surface area contributed by atoms with Crippen molar-refractivity contribution < 1.29 is 9.21 Å². The number of rotatable bonds is 6. The SMILES string of the molecule is CC(c1ccoc1)N(Cc1ccn(-c2ccccc2)n1)C(=O)CCl. The molecule has 5 nitrogen and oxygen atoms in total. The zero-order valence-electron chi connectivity index (χ0n) is 13.3. The van der Waals surface area contributed by atoms with E-state index >= 15 is 0 Å². The van der Waals surface area contributed by atoms with Gasteiger partial charge in [-0.15, -0.1) is 11.6 Å². The Morgan fingerprint density at radius 1 is 1.29 bits per heavy atom. The predicted molar refractivity (Wildman–Crippen MR) is 92.0 cm³/mol. The molecule has 1 atom stereocenters. The van der Waals surface area contributed by atoms with Crippen LogP contribution in [0, 0.1) is 0 Å². The number of nitrogens with zero attached hydrogens (tertiary/aromatic N) is 3. The van der Waals surface area contributed by atoms with E-state index in [1.165, 1.54) is 0 Å². The fourth-order valence-electron chi connectivity index (χ4n) is 2.56. The van der Waals surface area contributed by atoms with Crippen LogP contribution in [0.25, 0.3) is 5.69 Å². The standard InChI is InChI=1S/C18H18ClN3O2/c1-14(15-8-10-24-13-15)21(18(23)11-19)12-16-7-9-22(20-16)17-5-3-2-4-6-17/h2-10,13-14H,11-12H2,1H3. The molecule has 0 N–H and O–H groups in total. The van der Waals surface area contributed by atoms with E-state index < -0.39 is 0 Å². The fourth-order valence-corrected chi connectivity index (χ4v) is 2.71. The van der Waals surface area contributed by atoms with Crippen molar-refractivity contribution in [2.75, 3.05) is 5.88 Å². The van der Waals surface area contributed by atoms with Gasteiger partial charge in [0.15, 0.2) is 0 Å². The van der Waals surface area contributed by atoms with Crippen LogP contribution in [0.1, 0.15) is 24.2 Å². The maximum Gasteiger partial charge on any atom is 0.238 e. The van der Waals surface area contributed by atoms with Crippen molar-refractivity contribution in [2.45, 2.75) is 19.5 Å². The third-order valence-electron chi connectivity index (χ3n) is 3.93. The molecule has 1 amide bonds. The lowest BCUT2D eigenvalue weighted by Crippen LogP contribution is -2.34. The molecule has 0 radical (unpaired) electrons. The Morgan fingerprint density at radius 3 is 2.75 bits per heavy atom. The van der Waals surface area contributed by atoms with E-state index in [-0.39, 0.29) is 17.8 Å². The van der Waals surface area contributed by atoms with Crippen LogP contribution in [0.5, 0.6) is 0 Å². The first-order chi connectivity index (χ1) is 11.7. The van der Waals surface area contributed by atoms with Crippen LogP contribution in [0.3, 0.4) is 0 Å². The number of aromatic nitrogens is 2. The van der Waals surface area contributed by atoms with Gasteiger partial charge in [0.1, 0.15) is 5.88 Å². The molecule has 0 saturated carbocycles. The number of hydrogen-bond acceptors (Lipinski definition) is 3. The number of hydrogen-bond donors (Lipinski definition) is 0. The monoisotopic (exact) mass is 343 g/mol. The number of halogens is 1. The van der Waals surface area contributed by atoms with E-state index in [4.69, 9.17) is 16.0 Å². The smallest absolute Gasteiger partial charge is 0.238 e. The van der Waals surface area contributed by atoms with Crippen molar-refractivity contribution in [1.82, 2.24) is 14.7 Å². The molecule has 124 valence electrons. The van der Waals surface area contributed by atoms with E-state index in [0.29, 0.717) is 6.54 Å². The second-order valence-corrected chi connectivity index (χ2v) is 5.74. The zero-order chi connectivity index (χ0) is 16.9. The van der Waals surface area contributed by atoms with Gasteiger partial charge in [-0.2, -0.15) is 5.10 Å². The summed E-state index contributed by atoms with van der Waals surface area (Å²) >= 11 is 5.78. The normalized spacial score (nSPS) is 12.1. The molecule has 0 aliphatic carbocycles. The first-order valence-corrected chi connectivity index (χ1v) is 8.20. The van der Waals surface area contributed by atoms with Crippen LogP contribution in [0.4, 0.5) is 0 Å². The molecule has 0 fully saturated rings. The topological polar surface area (TPSA) is 51.3 Å². The number of alkyl halides is 1. The quantitative estimate of drug-likeness (QED) is 0.640. The van der Waals surface area contributed by atoms with Crippen LogP contribution in [-0.4, -0.2) is 26.5 Å². The summed E-state index contributed by atoms with van der Waals surface area (Å²) in [6, 6.07) is 13.4. The van der Waals surface area contributed by atoms with E-state index in [1.807, 2.05) is 55.6 Å². The van der Waals surface area contributed by atoms with Gasteiger partial charge in [0, 0.05) is 11.8 Å². The van der Waals surface area contributed by atoms with Gasteiger partial charge < -0.3 is 9.32 Å². The number of furan rings is 1. The summed E-state index contributed by atoms with van der Waals surface area (Å²) in [6.07, 6.45) is 5.12. The van der Waals surface area contributed by atoms with Gasteiger partial charge in [-0.25, -0.2) is 4.68 Å². The molecule has 1 aromatic carbocycles. The number of carbonyl (C=O) groups excluding carboxylic acids is 1. The second kappa shape index (κ2) is 7.36. The van der Waals surface area contributed by atoms with Crippen molar-refractivity contribution in [2.24, 2.45) is 0 Å². The van der Waals surface area contributed by atoms with E-state index in [9.17, 15) is 4.79 Å². The highest BCUT2D eigenvalue weighted by molar-refractivity contribution is 6.27. The summed E-state index contributed by atoms with van der Waals surface area (Å²) in [5.74, 6) is -0.207. The van der Waals surface area contributed by atoms with Gasteiger partial charge >= 0.3 is 0 Å². The van der Waals surface area contributed by atoms with Crippen molar-refractivity contribution in [3.8, 4) is 5.69 Å². The molecule has 3 rings (SSSR count). The lowest BCUT2D eigenvalue weighted by molar-refractivity contribution is -0.131. The first kappa shape index (κ1) is 16.3. The molecule has 1 unspecified atom stereocenters. The minimum absolute atomic E-state index is 0.0679. The molecule has 0 bridgehead atoms. The van der Waals surface area contributed by atoms with Crippen LogP contribution >= 0.6 is 11.6 Å². The fraction of sp³-hybridized carbons (Fsp3) is 0.222. The zero-order valence-corrected chi connectivity index (χ0v) is 14.1. The lowest BCUT2D eigenvalue weighted by atomic mass is 10.1. The average Bonchev–Trinajstić information content (AvgIpc) is 3.31. The maximum atomic E-state index is 12.3. The number of benzene rings is 1. The summed E-state index contributed by atoms with van der Waals surface area (Å²) < 4.78 is 6.91. The third kappa shape index (κ3) is 3.51. The average molecular weight is 344 g/mol. The Morgan fingerprint density at radius 2 is 2.08 bits per heavy atom. The molecule has 3 aromatic rings. The van der Waals surface area contributed by atoms with Gasteiger partial charge in [-0.1, -0.05) is 18.2 Å². The van der Waals surface area contributed by atoms with E-state index in [2.05, 4.69) is 5.10 Å². The van der Waals surface area contributed by atoms with Crippen LogP contribution in [0.2, 0.25) is 0 Å². The van der Waals surface area contributed by atoms with Crippen LogP contribution < -0.4 is 0 Å². The van der Waals surface area contributed by atoms with Crippen molar-refractivity contribution in [1.29, 1.82) is 0 Å². The molecule has 2 heterocycles. The summed E-state index contributed by atoms with van der Waals surface area (Å²) in [5.41, 5.74) is 2.70. The third-order valence-corrected chi connectivity index (χ3v) is 4.15. The predicted octanol–water partition coefficient (Wildman–Crippen LogP) is 3.79. The molecule has 24 heavy (non-hydrogen) atoms. The van der Waals surface area contributed by atoms with Gasteiger partial charge in [0.2, 0.25) is 5.91 Å². The van der Waals surface area contributed by atoms with Crippen LogP contribution in [0.15, 0.2) is 65.6 Å². The number of carbonyl (C=O) groups is 1. The number of amides is 1. The van der Waals surface area contributed by atoms with Crippen molar-refractivity contribution in [3.05, 3.63) is 72.4 Å². The Labute approximate surface area is 145 Å². The maximum absolute atomic E-state index is 12.3. The van der Waals surface area contributed by atoms with E-state index in [0.717, 1.165) is 16.9 Å². The van der Waals surface area contributed by atoms with Crippen molar-refractivity contribution >= 4 is 17.5 Å². The molecule has 6 heteroatoms. The highest BCUT2D eigenvalue weighted by Crippen LogP contribution is 2.23. The Bertz CT molecular complexity index is 784. The van der Waals surface area contributed by atoms with Crippen LogP contribution in [-0.2, 0) is 11.3 Å². The second-order valence-electron chi connectivity index (χ2n) is 5.48. The first-order valence-electron chi connectivity index (χ1n) is 7.66. The van der Waals surface area contributed by atoms with E-state index in [1.54, 1.807) is 22.1 Å². The molecular formula is C18H18ClN3O2. The van der Waals surface area contributed by atoms with Crippen molar-refractivity contribution in [3.63, 3.8) is 0 Å². The summed E-state index contributed by atoms with van der Waals surface area (Å²) in [6.45, 7) is 2.33. The minimum atomic E-state index is -0.142. The number of para-hydroxylation sites is 1. The largest absolute Gasteiger partial charge is 0.472 e. The molecule has 0 aliphatic rings. The summed E-state index contributed by atoms with van der Waals surface area (Å²) in [4.78, 5) is 14.0. The van der Waals surface area contributed by atoms with Gasteiger partial charge in [-0.3, -0.25) is 4.79 Å². The molecular weight excluding hydrogens is 326 g/mol. The molecule has 0 spiro atoms.